The SMILES string of the molecule is CC(C)CC(C(=O)Oc1ccc(-c2cc(=S)ss2)cc1)N1C(=O)/C(=C/c2ccc(Br)cc2)SC1=S. The number of carbonyl (C=O) groups excluding carboxylic acids is 2. The number of amides is 1. The van der Waals surface area contributed by atoms with Gasteiger partial charge in [-0.1, -0.05) is 98.8 Å². The molecule has 10 heteroatoms. The Morgan fingerprint density at radius 3 is 2.37 bits per heavy atom. The molecule has 0 N–H and O–H groups in total. The molecule has 0 saturated carbocycles. The quantitative estimate of drug-likeness (QED) is 0.0871. The smallest absolute Gasteiger partial charge is 0.334 e. The zero-order chi connectivity index (χ0) is 25.1. The maximum Gasteiger partial charge on any atom is 0.334 e. The molecule has 4 nitrogen and oxygen atoms in total. The van der Waals surface area contributed by atoms with Crippen molar-refractivity contribution in [3.05, 3.63) is 73.4 Å². The lowest BCUT2D eigenvalue weighted by atomic mass is 10.0. The molecule has 180 valence electrons. The van der Waals surface area contributed by atoms with Crippen LogP contribution in [0, 0.1) is 9.74 Å². The van der Waals surface area contributed by atoms with Gasteiger partial charge in [0.2, 0.25) is 0 Å². The molecular weight excluding hydrogens is 603 g/mol. The molecule has 0 bridgehead atoms. The molecule has 1 fully saturated rings. The van der Waals surface area contributed by atoms with Gasteiger partial charge in [-0.2, -0.15) is 0 Å². The van der Waals surface area contributed by atoms with Crippen molar-refractivity contribution in [3.63, 3.8) is 0 Å². The number of ether oxygens (including phenoxy) is 1. The van der Waals surface area contributed by atoms with Crippen LogP contribution >= 0.6 is 72.8 Å². The summed E-state index contributed by atoms with van der Waals surface area (Å²) in [6, 6.07) is 16.1. The van der Waals surface area contributed by atoms with E-state index in [1.54, 1.807) is 38.9 Å². The van der Waals surface area contributed by atoms with E-state index in [1.165, 1.54) is 16.7 Å². The molecule has 0 radical (unpaired) electrons. The minimum absolute atomic E-state index is 0.155. The van der Waals surface area contributed by atoms with Crippen LogP contribution in [0.3, 0.4) is 0 Å². The van der Waals surface area contributed by atoms with Crippen LogP contribution in [0.5, 0.6) is 5.75 Å². The lowest BCUT2D eigenvalue weighted by molar-refractivity contribution is -0.143. The summed E-state index contributed by atoms with van der Waals surface area (Å²) in [4.78, 5) is 29.5. The van der Waals surface area contributed by atoms with Crippen LogP contribution in [0.15, 0.2) is 64.0 Å². The molecule has 3 aromatic rings. The van der Waals surface area contributed by atoms with Gasteiger partial charge >= 0.3 is 5.97 Å². The van der Waals surface area contributed by atoms with E-state index in [-0.39, 0.29) is 11.8 Å². The predicted molar refractivity (Wildman–Crippen MR) is 156 cm³/mol. The third-order valence-electron chi connectivity index (χ3n) is 5.09. The number of nitrogens with zero attached hydrogens (tertiary/aromatic N) is 1. The summed E-state index contributed by atoms with van der Waals surface area (Å²) in [5, 5.41) is 0. The van der Waals surface area contributed by atoms with Crippen molar-refractivity contribution < 1.29 is 14.3 Å². The highest BCUT2D eigenvalue weighted by Gasteiger charge is 2.41. The first kappa shape index (κ1) is 26.4. The number of esters is 1. The standard InChI is InChI=1S/C25H20BrNO3S5/c1-14(2)11-19(24(29)30-18-9-5-16(6-10-18)20-13-22(31)35-34-20)27-23(28)21(33-25(27)32)12-15-3-7-17(26)8-4-15/h3-10,12-14,19H,11H2,1-2H3/b21-12-. The van der Waals surface area contributed by atoms with Crippen LogP contribution in [0.2, 0.25) is 0 Å². The Bertz CT molecular complexity index is 1340. The fourth-order valence-corrected chi connectivity index (χ4v) is 7.48. The summed E-state index contributed by atoms with van der Waals surface area (Å²) in [5.41, 5.74) is 1.89. The van der Waals surface area contributed by atoms with E-state index in [4.69, 9.17) is 29.2 Å². The van der Waals surface area contributed by atoms with Gasteiger partial charge in [-0.3, -0.25) is 9.69 Å². The molecule has 0 aliphatic carbocycles. The van der Waals surface area contributed by atoms with E-state index in [0.717, 1.165) is 24.3 Å². The van der Waals surface area contributed by atoms with Crippen molar-refractivity contribution >= 4 is 95.1 Å². The van der Waals surface area contributed by atoms with E-state index in [0.29, 0.717) is 21.4 Å². The molecule has 1 saturated heterocycles. The predicted octanol–water partition coefficient (Wildman–Crippen LogP) is 8.19. The molecule has 1 amide bonds. The van der Waals surface area contributed by atoms with Crippen LogP contribution in [0.1, 0.15) is 25.8 Å². The number of halogens is 1. The highest BCUT2D eigenvalue weighted by molar-refractivity contribution is 9.10. The molecule has 1 unspecified atom stereocenters. The maximum absolute atomic E-state index is 13.3. The molecule has 2 heterocycles. The summed E-state index contributed by atoms with van der Waals surface area (Å²) in [7, 11) is 3.17. The number of rotatable bonds is 7. The molecule has 35 heavy (non-hydrogen) atoms. The molecule has 1 aliphatic rings. The molecule has 1 atom stereocenters. The minimum atomic E-state index is -0.806. The topological polar surface area (TPSA) is 46.6 Å². The van der Waals surface area contributed by atoms with Gasteiger partial charge in [0.15, 0.2) is 0 Å². The highest BCUT2D eigenvalue weighted by Crippen LogP contribution is 2.36. The van der Waals surface area contributed by atoms with Crippen LogP contribution in [-0.4, -0.2) is 27.1 Å². The Morgan fingerprint density at radius 1 is 1.09 bits per heavy atom. The summed E-state index contributed by atoms with van der Waals surface area (Å²) < 4.78 is 7.86. The zero-order valence-corrected chi connectivity index (χ0v) is 24.4. The molecule has 1 aliphatic heterocycles. The second kappa shape index (κ2) is 11.6. The van der Waals surface area contributed by atoms with Crippen LogP contribution in [0.4, 0.5) is 0 Å². The fourth-order valence-electron chi connectivity index (χ4n) is 3.46. The lowest BCUT2D eigenvalue weighted by Crippen LogP contribution is -2.46. The Kier molecular flexibility index (Phi) is 8.72. The van der Waals surface area contributed by atoms with E-state index >= 15 is 0 Å². The Morgan fingerprint density at radius 2 is 1.77 bits per heavy atom. The van der Waals surface area contributed by atoms with Gasteiger partial charge in [-0.15, -0.1) is 0 Å². The maximum atomic E-state index is 13.3. The van der Waals surface area contributed by atoms with Crippen molar-refractivity contribution in [2.75, 3.05) is 0 Å². The third-order valence-corrected chi connectivity index (χ3v) is 9.86. The number of hydrogen-bond acceptors (Lipinski definition) is 8. The zero-order valence-electron chi connectivity index (χ0n) is 18.7. The minimum Gasteiger partial charge on any atom is -0.425 e. The summed E-state index contributed by atoms with van der Waals surface area (Å²) in [5.74, 6) is -0.205. The summed E-state index contributed by atoms with van der Waals surface area (Å²) in [6.07, 6.45) is 2.23. The van der Waals surface area contributed by atoms with E-state index in [9.17, 15) is 9.59 Å². The van der Waals surface area contributed by atoms with Gasteiger partial charge in [0, 0.05) is 9.35 Å². The van der Waals surface area contributed by atoms with Crippen LogP contribution < -0.4 is 4.74 Å². The van der Waals surface area contributed by atoms with Crippen LogP contribution in [-0.2, 0) is 9.59 Å². The van der Waals surface area contributed by atoms with Gasteiger partial charge in [-0.05, 0) is 72.0 Å². The van der Waals surface area contributed by atoms with E-state index in [1.807, 2.05) is 56.3 Å². The molecule has 0 spiro atoms. The Balaban J connectivity index is 1.53. The number of thioether (sulfide) groups is 1. The third kappa shape index (κ3) is 6.55. The average molecular weight is 623 g/mol. The Hall–Kier alpha value is -1.69. The molecular formula is C25H20BrNO3S5. The normalized spacial score (nSPS) is 15.8. The molecule has 1 aromatic heterocycles. The van der Waals surface area contributed by atoms with E-state index < -0.39 is 12.0 Å². The highest BCUT2D eigenvalue weighted by atomic mass is 79.9. The number of benzene rings is 2. The lowest BCUT2D eigenvalue weighted by Gasteiger charge is -2.26. The summed E-state index contributed by atoms with van der Waals surface area (Å²) >= 11 is 15.4. The van der Waals surface area contributed by atoms with Crippen molar-refractivity contribution in [2.24, 2.45) is 5.92 Å². The van der Waals surface area contributed by atoms with Crippen molar-refractivity contribution in [3.8, 4) is 16.2 Å². The first-order valence-corrected chi connectivity index (χ1v) is 15.2. The van der Waals surface area contributed by atoms with Crippen molar-refractivity contribution in [2.45, 2.75) is 26.3 Å². The summed E-state index contributed by atoms with van der Waals surface area (Å²) in [6.45, 7) is 4.00. The van der Waals surface area contributed by atoms with Crippen molar-refractivity contribution in [1.29, 1.82) is 0 Å². The second-order valence-corrected chi connectivity index (χ2v) is 13.7. The molecule has 4 rings (SSSR count). The van der Waals surface area contributed by atoms with E-state index in [2.05, 4.69) is 15.9 Å². The first-order valence-electron chi connectivity index (χ1n) is 10.7. The number of hydrogen-bond donors (Lipinski definition) is 0. The monoisotopic (exact) mass is 621 g/mol. The first-order chi connectivity index (χ1) is 16.7. The number of carbonyl (C=O) groups is 2. The van der Waals surface area contributed by atoms with Gasteiger partial charge in [-0.25, -0.2) is 4.79 Å². The van der Waals surface area contributed by atoms with Crippen LogP contribution in [0.25, 0.3) is 16.5 Å². The van der Waals surface area contributed by atoms with Gasteiger partial charge in [0.25, 0.3) is 5.91 Å². The fraction of sp³-hybridized carbons (Fsp3) is 0.200. The number of thiocarbonyl (C=S) groups is 1. The van der Waals surface area contributed by atoms with Gasteiger partial charge in [0.1, 0.15) is 19.9 Å². The van der Waals surface area contributed by atoms with Gasteiger partial charge in [0.05, 0.1) is 4.91 Å². The second-order valence-electron chi connectivity index (χ2n) is 8.19. The largest absolute Gasteiger partial charge is 0.425 e. The Labute approximate surface area is 234 Å². The molecule has 2 aromatic carbocycles. The average Bonchev–Trinajstić information content (AvgIpc) is 3.36. The van der Waals surface area contributed by atoms with Crippen molar-refractivity contribution in [1.82, 2.24) is 4.90 Å². The van der Waals surface area contributed by atoms with Gasteiger partial charge < -0.3 is 4.74 Å².